The van der Waals surface area contributed by atoms with Gasteiger partial charge in [-0.2, -0.15) is 4.98 Å². The first-order valence-corrected chi connectivity index (χ1v) is 10.4. The first-order valence-electron chi connectivity index (χ1n) is 10.4. The molecule has 0 N–H and O–H groups in total. The van der Waals surface area contributed by atoms with Crippen LogP contribution in [0.4, 0.5) is 0 Å². The SMILES string of the molecule is C=N/C=C(/CCc1ccc2c(c1)CCn1c-2cc(OCC2COCCO2)nc1=O)N=C. The van der Waals surface area contributed by atoms with Crippen molar-refractivity contribution in [1.29, 1.82) is 0 Å². The average Bonchev–Trinajstić information content (AvgIpc) is 2.80. The van der Waals surface area contributed by atoms with Gasteiger partial charge in [0.2, 0.25) is 5.88 Å². The third-order valence-corrected chi connectivity index (χ3v) is 5.45. The Labute approximate surface area is 180 Å². The normalized spacial score (nSPS) is 18.1. The second-order valence-corrected chi connectivity index (χ2v) is 7.50. The molecule has 0 aliphatic carbocycles. The highest BCUT2D eigenvalue weighted by Gasteiger charge is 2.21. The molecule has 2 aromatic rings. The second kappa shape index (κ2) is 9.80. The minimum atomic E-state index is -0.299. The Balaban J connectivity index is 1.53. The Kier molecular flexibility index (Phi) is 6.69. The number of aliphatic imine (C=N–C) groups is 2. The third kappa shape index (κ3) is 4.98. The summed E-state index contributed by atoms with van der Waals surface area (Å²) in [7, 11) is 0. The summed E-state index contributed by atoms with van der Waals surface area (Å²) in [5.74, 6) is 0.311. The molecule has 1 unspecified atom stereocenters. The van der Waals surface area contributed by atoms with E-state index in [9.17, 15) is 4.79 Å². The van der Waals surface area contributed by atoms with Crippen molar-refractivity contribution in [3.63, 3.8) is 0 Å². The molecule has 1 saturated heterocycles. The van der Waals surface area contributed by atoms with Crippen LogP contribution in [0.2, 0.25) is 0 Å². The van der Waals surface area contributed by atoms with Gasteiger partial charge < -0.3 is 14.2 Å². The zero-order chi connectivity index (χ0) is 21.6. The van der Waals surface area contributed by atoms with Gasteiger partial charge in [-0.05, 0) is 43.8 Å². The number of ether oxygens (including phenoxy) is 3. The maximum atomic E-state index is 12.6. The highest BCUT2D eigenvalue weighted by Crippen LogP contribution is 2.31. The monoisotopic (exact) mass is 422 g/mol. The Morgan fingerprint density at radius 1 is 1.32 bits per heavy atom. The van der Waals surface area contributed by atoms with Crippen LogP contribution in [-0.4, -0.2) is 55.5 Å². The summed E-state index contributed by atoms with van der Waals surface area (Å²) in [5, 5.41) is 0. The van der Waals surface area contributed by atoms with Crippen LogP contribution in [0.5, 0.6) is 5.88 Å². The van der Waals surface area contributed by atoms with Crippen LogP contribution in [-0.2, 0) is 28.9 Å². The summed E-state index contributed by atoms with van der Waals surface area (Å²) in [6, 6.07) is 8.17. The lowest BCUT2D eigenvalue weighted by Crippen LogP contribution is -2.34. The molecular formula is C23H26N4O4. The van der Waals surface area contributed by atoms with Crippen LogP contribution in [0, 0.1) is 0 Å². The van der Waals surface area contributed by atoms with Crippen LogP contribution in [0.15, 0.2) is 50.9 Å². The van der Waals surface area contributed by atoms with Gasteiger partial charge in [0.25, 0.3) is 0 Å². The molecule has 4 rings (SSSR count). The van der Waals surface area contributed by atoms with Crippen molar-refractivity contribution >= 4 is 13.4 Å². The largest absolute Gasteiger partial charge is 0.475 e. The van der Waals surface area contributed by atoms with Crippen molar-refractivity contribution in [2.75, 3.05) is 26.4 Å². The number of hydrogen-bond donors (Lipinski definition) is 0. The molecule has 8 nitrogen and oxygen atoms in total. The van der Waals surface area contributed by atoms with Gasteiger partial charge >= 0.3 is 5.69 Å². The lowest BCUT2D eigenvalue weighted by molar-refractivity contribution is -0.102. The van der Waals surface area contributed by atoms with E-state index >= 15 is 0 Å². The predicted octanol–water partition coefficient (Wildman–Crippen LogP) is 2.44. The molecule has 1 aromatic heterocycles. The maximum Gasteiger partial charge on any atom is 0.351 e. The molecule has 3 heterocycles. The zero-order valence-corrected chi connectivity index (χ0v) is 17.5. The molecule has 0 spiro atoms. The molecule has 2 aliphatic rings. The fraction of sp³-hybridized carbons (Fsp3) is 0.391. The van der Waals surface area contributed by atoms with E-state index in [1.807, 2.05) is 6.07 Å². The molecule has 0 amide bonds. The van der Waals surface area contributed by atoms with E-state index in [2.05, 4.69) is 46.6 Å². The topological polar surface area (TPSA) is 87.3 Å². The lowest BCUT2D eigenvalue weighted by Gasteiger charge is -2.24. The molecule has 162 valence electrons. The van der Waals surface area contributed by atoms with Crippen molar-refractivity contribution < 1.29 is 14.2 Å². The number of rotatable bonds is 8. The van der Waals surface area contributed by atoms with Gasteiger partial charge in [0.15, 0.2) is 0 Å². The van der Waals surface area contributed by atoms with E-state index in [1.54, 1.807) is 10.8 Å². The summed E-state index contributed by atoms with van der Waals surface area (Å²) in [6.45, 7) is 9.57. The van der Waals surface area contributed by atoms with Crippen LogP contribution in [0.25, 0.3) is 11.3 Å². The summed E-state index contributed by atoms with van der Waals surface area (Å²) < 4.78 is 18.4. The number of fused-ring (bicyclic) bond motifs is 3. The molecule has 8 heteroatoms. The van der Waals surface area contributed by atoms with Crippen molar-refractivity contribution in [3.8, 4) is 17.1 Å². The van der Waals surface area contributed by atoms with Gasteiger partial charge in [0.1, 0.15) is 12.7 Å². The minimum Gasteiger partial charge on any atom is -0.475 e. The molecule has 0 saturated carbocycles. The molecule has 2 aliphatic heterocycles. The maximum absolute atomic E-state index is 12.6. The number of nitrogens with zero attached hydrogens (tertiary/aromatic N) is 4. The van der Waals surface area contributed by atoms with Crippen molar-refractivity contribution in [2.45, 2.75) is 31.9 Å². The molecule has 1 aromatic carbocycles. The number of allylic oxidation sites excluding steroid dienone is 1. The highest BCUT2D eigenvalue weighted by molar-refractivity contribution is 5.67. The highest BCUT2D eigenvalue weighted by atomic mass is 16.6. The Bertz CT molecular complexity index is 1050. The summed E-state index contributed by atoms with van der Waals surface area (Å²) >= 11 is 0. The Morgan fingerprint density at radius 2 is 2.23 bits per heavy atom. The van der Waals surface area contributed by atoms with E-state index < -0.39 is 0 Å². The average molecular weight is 422 g/mol. The van der Waals surface area contributed by atoms with Crippen molar-refractivity contribution in [1.82, 2.24) is 9.55 Å². The fourth-order valence-corrected chi connectivity index (χ4v) is 3.86. The summed E-state index contributed by atoms with van der Waals surface area (Å²) in [4.78, 5) is 24.4. The van der Waals surface area contributed by atoms with Crippen LogP contribution >= 0.6 is 0 Å². The van der Waals surface area contributed by atoms with Gasteiger partial charge in [0, 0.05) is 24.4 Å². The second-order valence-electron chi connectivity index (χ2n) is 7.50. The number of aryl methyl sites for hydroxylation is 2. The predicted molar refractivity (Wildman–Crippen MR) is 119 cm³/mol. The molecule has 1 atom stereocenters. The van der Waals surface area contributed by atoms with E-state index in [1.165, 1.54) is 11.1 Å². The molecule has 0 radical (unpaired) electrons. The number of aromatic nitrogens is 2. The molecule has 31 heavy (non-hydrogen) atoms. The van der Waals surface area contributed by atoms with Crippen LogP contribution in [0.1, 0.15) is 17.5 Å². The Morgan fingerprint density at radius 3 is 3.00 bits per heavy atom. The molecule has 1 fully saturated rings. The van der Waals surface area contributed by atoms with Crippen LogP contribution < -0.4 is 10.4 Å². The fourth-order valence-electron chi connectivity index (χ4n) is 3.86. The first-order chi connectivity index (χ1) is 15.2. The van der Waals surface area contributed by atoms with Gasteiger partial charge in [0.05, 0.1) is 31.2 Å². The molecule has 0 bridgehead atoms. The van der Waals surface area contributed by atoms with Gasteiger partial charge in [-0.25, -0.2) is 4.79 Å². The molecular weight excluding hydrogens is 396 g/mol. The number of hydrogen-bond acceptors (Lipinski definition) is 7. The van der Waals surface area contributed by atoms with Crippen molar-refractivity contribution in [2.24, 2.45) is 9.98 Å². The summed E-state index contributed by atoms with van der Waals surface area (Å²) in [6.07, 6.45) is 3.83. The standard InChI is InChI=1S/C23H26N4O4/c1-24-13-18(25-2)5-3-16-4-6-20-17(11-16)7-8-27-21(20)12-22(26-23(27)28)31-15-19-14-29-9-10-30-19/h4,6,11-13,19H,1-3,5,7-10,14-15H2/b18-13-. The van der Waals surface area contributed by atoms with Gasteiger partial charge in [-0.1, -0.05) is 18.2 Å². The lowest BCUT2D eigenvalue weighted by atomic mass is 9.94. The van der Waals surface area contributed by atoms with Gasteiger partial charge in [-0.3, -0.25) is 14.6 Å². The zero-order valence-electron chi connectivity index (χ0n) is 17.5. The van der Waals surface area contributed by atoms with Gasteiger partial charge in [-0.15, -0.1) is 0 Å². The van der Waals surface area contributed by atoms with E-state index in [-0.39, 0.29) is 11.8 Å². The van der Waals surface area contributed by atoms with Crippen molar-refractivity contribution in [3.05, 3.63) is 57.8 Å². The smallest absolute Gasteiger partial charge is 0.351 e. The van der Waals surface area contributed by atoms with E-state index in [4.69, 9.17) is 14.2 Å². The first kappa shape index (κ1) is 21.1. The van der Waals surface area contributed by atoms with E-state index in [0.29, 0.717) is 38.9 Å². The Hall–Kier alpha value is -3.10. The summed E-state index contributed by atoms with van der Waals surface area (Å²) in [5.41, 5.74) is 4.77. The van der Waals surface area contributed by atoms with Crippen LogP contribution in [0.3, 0.4) is 0 Å². The third-order valence-electron chi connectivity index (χ3n) is 5.45. The number of benzene rings is 1. The minimum absolute atomic E-state index is 0.149. The quantitative estimate of drug-likeness (QED) is 0.610. The van der Waals surface area contributed by atoms with E-state index in [0.717, 1.165) is 36.2 Å².